The van der Waals surface area contributed by atoms with Crippen LogP contribution in [0.15, 0.2) is 28.8 Å². The van der Waals surface area contributed by atoms with Crippen LogP contribution in [0.3, 0.4) is 0 Å². The average molecular weight is 373 g/mol. The fourth-order valence-corrected chi connectivity index (χ4v) is 3.30. The molecule has 0 bridgehead atoms. The van der Waals surface area contributed by atoms with Gasteiger partial charge in [-0.25, -0.2) is 0 Å². The van der Waals surface area contributed by atoms with Crippen molar-refractivity contribution in [2.75, 3.05) is 39.9 Å². The van der Waals surface area contributed by atoms with Crippen molar-refractivity contribution in [2.45, 2.75) is 26.8 Å². The highest BCUT2D eigenvalue weighted by molar-refractivity contribution is 5.77. The Morgan fingerprint density at radius 1 is 1.15 bits per heavy atom. The summed E-state index contributed by atoms with van der Waals surface area (Å²) in [6.45, 7) is 7.94. The summed E-state index contributed by atoms with van der Waals surface area (Å²) >= 11 is 0. The van der Waals surface area contributed by atoms with Crippen molar-refractivity contribution in [3.05, 3.63) is 41.3 Å². The van der Waals surface area contributed by atoms with Gasteiger partial charge >= 0.3 is 0 Å². The van der Waals surface area contributed by atoms with Crippen LogP contribution < -0.4 is 9.47 Å². The first kappa shape index (κ1) is 19.2. The predicted molar refractivity (Wildman–Crippen MR) is 101 cm³/mol. The van der Waals surface area contributed by atoms with Crippen molar-refractivity contribution < 1.29 is 18.8 Å². The molecule has 1 fully saturated rings. The lowest BCUT2D eigenvalue weighted by Gasteiger charge is -2.22. The number of aromatic nitrogens is 1. The molecular formula is C20H27N3O4. The van der Waals surface area contributed by atoms with Gasteiger partial charge in [-0.2, -0.15) is 0 Å². The third-order valence-electron chi connectivity index (χ3n) is 4.92. The molecule has 1 aromatic heterocycles. The standard InChI is InChI=1S/C20H27N3O4/c1-15-17(16(2)27-21-15)13-22-9-6-10-23(12-11-22)20(24)14-26-19-8-5-4-7-18(19)25-3/h4-5,7-8H,6,9-14H2,1-3H3. The van der Waals surface area contributed by atoms with E-state index in [-0.39, 0.29) is 12.5 Å². The number of ether oxygens (including phenoxy) is 2. The van der Waals surface area contributed by atoms with Crippen LogP contribution in [-0.2, 0) is 11.3 Å². The molecule has 7 heteroatoms. The number of carbonyl (C=O) groups is 1. The van der Waals surface area contributed by atoms with E-state index in [9.17, 15) is 4.79 Å². The summed E-state index contributed by atoms with van der Waals surface area (Å²) in [5, 5.41) is 4.02. The van der Waals surface area contributed by atoms with Gasteiger partial charge in [-0.1, -0.05) is 17.3 Å². The minimum Gasteiger partial charge on any atom is -0.493 e. The van der Waals surface area contributed by atoms with Gasteiger partial charge in [0.2, 0.25) is 0 Å². The summed E-state index contributed by atoms with van der Waals surface area (Å²) in [4.78, 5) is 16.8. The smallest absolute Gasteiger partial charge is 0.260 e. The molecule has 0 aliphatic carbocycles. The normalized spacial score (nSPS) is 15.4. The molecule has 0 unspecified atom stereocenters. The van der Waals surface area contributed by atoms with Gasteiger partial charge in [0.05, 0.1) is 12.8 Å². The SMILES string of the molecule is COc1ccccc1OCC(=O)N1CCCN(Cc2c(C)noc2C)CC1. The van der Waals surface area contributed by atoms with Crippen molar-refractivity contribution in [2.24, 2.45) is 0 Å². The highest BCUT2D eigenvalue weighted by atomic mass is 16.5. The van der Waals surface area contributed by atoms with Gasteiger partial charge in [-0.3, -0.25) is 9.69 Å². The van der Waals surface area contributed by atoms with E-state index in [1.165, 1.54) is 0 Å². The van der Waals surface area contributed by atoms with Crippen LogP contribution in [0.2, 0.25) is 0 Å². The summed E-state index contributed by atoms with van der Waals surface area (Å²) in [6.07, 6.45) is 0.934. The number of hydrogen-bond acceptors (Lipinski definition) is 6. The molecule has 1 aliphatic rings. The molecule has 1 aliphatic heterocycles. The van der Waals surface area contributed by atoms with Gasteiger partial charge in [-0.05, 0) is 32.4 Å². The molecule has 0 spiro atoms. The second-order valence-corrected chi connectivity index (χ2v) is 6.75. The summed E-state index contributed by atoms with van der Waals surface area (Å²) in [6, 6.07) is 7.36. The van der Waals surface area contributed by atoms with Crippen molar-refractivity contribution >= 4 is 5.91 Å². The lowest BCUT2D eigenvalue weighted by molar-refractivity contribution is -0.133. The Morgan fingerprint density at radius 2 is 1.93 bits per heavy atom. The van der Waals surface area contributed by atoms with Gasteiger partial charge in [0.15, 0.2) is 18.1 Å². The number of rotatable bonds is 6. The van der Waals surface area contributed by atoms with Crippen LogP contribution >= 0.6 is 0 Å². The van der Waals surface area contributed by atoms with E-state index in [2.05, 4.69) is 10.1 Å². The highest BCUT2D eigenvalue weighted by Gasteiger charge is 2.21. The van der Waals surface area contributed by atoms with Gasteiger partial charge in [0, 0.05) is 38.3 Å². The number of amides is 1. The first-order valence-electron chi connectivity index (χ1n) is 9.26. The van der Waals surface area contributed by atoms with E-state index in [1.54, 1.807) is 13.2 Å². The van der Waals surface area contributed by atoms with Gasteiger partial charge in [-0.15, -0.1) is 0 Å². The molecule has 7 nitrogen and oxygen atoms in total. The maximum Gasteiger partial charge on any atom is 0.260 e. The summed E-state index contributed by atoms with van der Waals surface area (Å²) in [7, 11) is 1.59. The second kappa shape index (κ2) is 8.90. The second-order valence-electron chi connectivity index (χ2n) is 6.75. The Hall–Kier alpha value is -2.54. The van der Waals surface area contributed by atoms with Gasteiger partial charge < -0.3 is 18.9 Å². The van der Waals surface area contributed by atoms with E-state index >= 15 is 0 Å². The molecule has 1 aromatic carbocycles. The molecule has 27 heavy (non-hydrogen) atoms. The molecule has 0 atom stereocenters. The van der Waals surface area contributed by atoms with Crippen molar-refractivity contribution in [3.8, 4) is 11.5 Å². The zero-order valence-electron chi connectivity index (χ0n) is 16.2. The molecule has 0 saturated carbocycles. The summed E-state index contributed by atoms with van der Waals surface area (Å²) in [5.74, 6) is 2.09. The van der Waals surface area contributed by atoms with Crippen LogP contribution in [0.4, 0.5) is 0 Å². The van der Waals surface area contributed by atoms with Crippen LogP contribution in [0.25, 0.3) is 0 Å². The molecule has 146 valence electrons. The Labute approximate surface area is 159 Å². The maximum absolute atomic E-state index is 12.6. The van der Waals surface area contributed by atoms with Gasteiger partial charge in [0.25, 0.3) is 5.91 Å². The quantitative estimate of drug-likeness (QED) is 0.775. The number of nitrogens with zero attached hydrogens (tertiary/aromatic N) is 3. The largest absolute Gasteiger partial charge is 0.493 e. The predicted octanol–water partition coefficient (Wildman–Crippen LogP) is 2.41. The molecular weight excluding hydrogens is 346 g/mol. The summed E-state index contributed by atoms with van der Waals surface area (Å²) < 4.78 is 16.2. The third kappa shape index (κ3) is 4.80. The maximum atomic E-state index is 12.6. The minimum atomic E-state index is 0.0000880. The Bertz CT molecular complexity index is 755. The van der Waals surface area contributed by atoms with E-state index in [1.807, 2.05) is 36.9 Å². The van der Waals surface area contributed by atoms with Gasteiger partial charge in [0.1, 0.15) is 5.76 Å². The Morgan fingerprint density at radius 3 is 2.63 bits per heavy atom. The fourth-order valence-electron chi connectivity index (χ4n) is 3.30. The first-order valence-corrected chi connectivity index (χ1v) is 9.26. The molecule has 2 heterocycles. The van der Waals surface area contributed by atoms with Crippen molar-refractivity contribution in [1.29, 1.82) is 0 Å². The molecule has 1 amide bonds. The molecule has 2 aromatic rings. The molecule has 0 N–H and O–H groups in total. The number of para-hydroxylation sites is 2. The van der Waals surface area contributed by atoms with E-state index in [4.69, 9.17) is 14.0 Å². The van der Waals surface area contributed by atoms with Crippen LogP contribution in [0, 0.1) is 13.8 Å². The van der Waals surface area contributed by atoms with E-state index in [0.29, 0.717) is 18.0 Å². The zero-order valence-corrected chi connectivity index (χ0v) is 16.2. The topological polar surface area (TPSA) is 68.0 Å². The average Bonchev–Trinajstić information content (AvgIpc) is 2.88. The minimum absolute atomic E-state index is 0.0000880. The first-order chi connectivity index (χ1) is 13.1. The van der Waals surface area contributed by atoms with Crippen molar-refractivity contribution in [3.63, 3.8) is 0 Å². The lowest BCUT2D eigenvalue weighted by atomic mass is 10.2. The van der Waals surface area contributed by atoms with Crippen LogP contribution in [0.1, 0.15) is 23.4 Å². The van der Waals surface area contributed by atoms with Crippen molar-refractivity contribution in [1.82, 2.24) is 15.0 Å². The van der Waals surface area contributed by atoms with Crippen LogP contribution in [-0.4, -0.2) is 60.8 Å². The lowest BCUT2D eigenvalue weighted by Crippen LogP contribution is -2.38. The monoisotopic (exact) mass is 373 g/mol. The molecule has 0 radical (unpaired) electrons. The Kier molecular flexibility index (Phi) is 6.34. The number of aryl methyl sites for hydroxylation is 2. The Balaban J connectivity index is 1.52. The van der Waals surface area contributed by atoms with E-state index in [0.717, 1.165) is 49.6 Å². The number of benzene rings is 1. The highest BCUT2D eigenvalue weighted by Crippen LogP contribution is 2.25. The number of methoxy groups -OCH3 is 1. The van der Waals surface area contributed by atoms with E-state index < -0.39 is 0 Å². The number of carbonyl (C=O) groups excluding carboxylic acids is 1. The summed E-state index contributed by atoms with van der Waals surface area (Å²) in [5.41, 5.74) is 2.09. The fraction of sp³-hybridized carbons (Fsp3) is 0.500. The van der Waals surface area contributed by atoms with Crippen LogP contribution in [0.5, 0.6) is 11.5 Å². The molecule has 1 saturated heterocycles. The number of hydrogen-bond donors (Lipinski definition) is 0. The molecule has 3 rings (SSSR count). The third-order valence-corrected chi connectivity index (χ3v) is 4.92. The zero-order chi connectivity index (χ0) is 19.2.